The predicted octanol–water partition coefficient (Wildman–Crippen LogP) is 1.99. The highest BCUT2D eigenvalue weighted by molar-refractivity contribution is 9.06. The Balaban J connectivity index is 2.76. The molecule has 0 radical (unpaired) electrons. The van der Waals surface area contributed by atoms with Crippen molar-refractivity contribution in [3.63, 3.8) is 0 Å². The zero-order valence-corrected chi connectivity index (χ0v) is 9.08. The van der Waals surface area contributed by atoms with E-state index in [-0.39, 0.29) is 11.0 Å². The molecular formula is C10H6BrNO3. The lowest BCUT2D eigenvalue weighted by Crippen LogP contribution is -2.15. The van der Waals surface area contributed by atoms with Crippen LogP contribution >= 0.6 is 16.3 Å². The molecule has 5 heteroatoms. The van der Waals surface area contributed by atoms with Gasteiger partial charge in [0.1, 0.15) is 5.56 Å². The van der Waals surface area contributed by atoms with Crippen molar-refractivity contribution in [3.05, 3.63) is 46.2 Å². The minimum Gasteiger partial charge on any atom is -0.380 e. The van der Waals surface area contributed by atoms with Gasteiger partial charge in [0.2, 0.25) is 5.43 Å². The Bertz CT molecular complexity index is 576. The molecule has 0 atom stereocenters. The zero-order valence-electron chi connectivity index (χ0n) is 7.49. The van der Waals surface area contributed by atoms with Crippen molar-refractivity contribution >= 4 is 33.1 Å². The molecule has 0 aliphatic rings. The van der Waals surface area contributed by atoms with E-state index in [1.54, 1.807) is 24.3 Å². The summed E-state index contributed by atoms with van der Waals surface area (Å²) in [5.41, 5.74) is 0.327. The third-order valence-corrected chi connectivity index (χ3v) is 2.37. The lowest BCUT2D eigenvalue weighted by atomic mass is 10.1. The van der Waals surface area contributed by atoms with Crippen molar-refractivity contribution in [2.45, 2.75) is 0 Å². The van der Waals surface area contributed by atoms with Gasteiger partial charge in [-0.3, -0.25) is 4.79 Å². The molecule has 0 saturated heterocycles. The van der Waals surface area contributed by atoms with E-state index in [1.807, 2.05) is 0 Å². The standard InChI is InChI=1S/C10H6BrNO3/c11-15-10(14)7-5-12-8-4-2-1-3-6(8)9(7)13/h1-5H,(H,12,13). The molecular weight excluding hydrogens is 262 g/mol. The van der Waals surface area contributed by atoms with Gasteiger partial charge in [-0.1, -0.05) is 12.1 Å². The van der Waals surface area contributed by atoms with Crippen LogP contribution in [0.25, 0.3) is 10.9 Å². The number of aromatic amines is 1. The SMILES string of the molecule is O=C(OBr)c1c[nH]c2ccccc2c1=O. The molecule has 1 heterocycles. The normalized spacial score (nSPS) is 10.2. The number of carbonyl (C=O) groups is 1. The summed E-state index contributed by atoms with van der Waals surface area (Å²) >= 11 is 2.55. The monoisotopic (exact) mass is 267 g/mol. The molecule has 0 spiro atoms. The molecule has 1 aromatic heterocycles. The summed E-state index contributed by atoms with van der Waals surface area (Å²) in [6.07, 6.45) is 1.34. The number of aromatic nitrogens is 1. The van der Waals surface area contributed by atoms with Gasteiger partial charge in [-0.15, -0.1) is 0 Å². The predicted molar refractivity (Wildman–Crippen MR) is 58.9 cm³/mol. The van der Waals surface area contributed by atoms with Gasteiger partial charge in [-0.2, -0.15) is 0 Å². The topological polar surface area (TPSA) is 59.2 Å². The largest absolute Gasteiger partial charge is 0.380 e. The average Bonchev–Trinajstić information content (AvgIpc) is 2.29. The summed E-state index contributed by atoms with van der Waals surface area (Å²) in [5, 5.41) is 0.466. The summed E-state index contributed by atoms with van der Waals surface area (Å²) in [7, 11) is 0. The smallest absolute Gasteiger partial charge is 0.355 e. The molecule has 0 bridgehead atoms. The first kappa shape index (κ1) is 9.92. The first-order chi connectivity index (χ1) is 7.24. The zero-order chi connectivity index (χ0) is 10.8. The highest BCUT2D eigenvalue weighted by Gasteiger charge is 2.12. The van der Waals surface area contributed by atoms with Gasteiger partial charge in [-0.25, -0.2) is 4.79 Å². The second-order valence-electron chi connectivity index (χ2n) is 2.94. The van der Waals surface area contributed by atoms with Crippen LogP contribution in [0.15, 0.2) is 35.3 Å². The molecule has 76 valence electrons. The number of hydrogen-bond donors (Lipinski definition) is 1. The van der Waals surface area contributed by atoms with Crippen LogP contribution in [0.3, 0.4) is 0 Å². The van der Waals surface area contributed by atoms with Crippen molar-refractivity contribution in [2.75, 3.05) is 0 Å². The lowest BCUT2D eigenvalue weighted by molar-refractivity contribution is 0.0780. The summed E-state index contributed by atoms with van der Waals surface area (Å²) in [4.78, 5) is 25.8. The minimum absolute atomic E-state index is 0.0226. The molecule has 2 aromatic rings. The van der Waals surface area contributed by atoms with Crippen LogP contribution in [0, 0.1) is 0 Å². The number of hydrogen-bond acceptors (Lipinski definition) is 3. The fraction of sp³-hybridized carbons (Fsp3) is 0. The number of fused-ring (bicyclic) bond motifs is 1. The van der Waals surface area contributed by atoms with Gasteiger partial charge in [0, 0.05) is 17.1 Å². The molecule has 1 aromatic carbocycles. The molecule has 0 saturated carbocycles. The van der Waals surface area contributed by atoms with E-state index < -0.39 is 5.97 Å². The van der Waals surface area contributed by atoms with Gasteiger partial charge < -0.3 is 8.81 Å². The van der Waals surface area contributed by atoms with Gasteiger partial charge >= 0.3 is 5.97 Å². The minimum atomic E-state index is -0.706. The van der Waals surface area contributed by atoms with E-state index in [0.29, 0.717) is 10.9 Å². The molecule has 0 aliphatic carbocycles. The number of carbonyl (C=O) groups excluding carboxylic acids is 1. The van der Waals surface area contributed by atoms with Crippen LogP contribution in [-0.4, -0.2) is 11.0 Å². The Hall–Kier alpha value is -1.62. The van der Waals surface area contributed by atoms with Crippen molar-refractivity contribution in [1.29, 1.82) is 0 Å². The quantitative estimate of drug-likeness (QED) is 0.860. The average molecular weight is 268 g/mol. The number of pyridine rings is 1. The molecule has 2 rings (SSSR count). The molecule has 1 N–H and O–H groups in total. The maximum Gasteiger partial charge on any atom is 0.355 e. The fourth-order valence-electron chi connectivity index (χ4n) is 1.36. The number of halogens is 1. The van der Waals surface area contributed by atoms with Gasteiger partial charge in [0.25, 0.3) is 0 Å². The van der Waals surface area contributed by atoms with Crippen molar-refractivity contribution < 1.29 is 8.62 Å². The number of para-hydroxylation sites is 1. The maximum absolute atomic E-state index is 11.8. The molecule has 15 heavy (non-hydrogen) atoms. The third kappa shape index (κ3) is 1.66. The van der Waals surface area contributed by atoms with Crippen molar-refractivity contribution in [2.24, 2.45) is 0 Å². The number of H-pyrrole nitrogens is 1. The van der Waals surface area contributed by atoms with Gasteiger partial charge in [0.15, 0.2) is 16.3 Å². The van der Waals surface area contributed by atoms with E-state index in [2.05, 4.69) is 25.1 Å². The highest BCUT2D eigenvalue weighted by Crippen LogP contribution is 2.08. The Morgan fingerprint density at radius 3 is 2.80 bits per heavy atom. The van der Waals surface area contributed by atoms with Crippen LogP contribution in [0.1, 0.15) is 10.4 Å². The summed E-state index contributed by atoms with van der Waals surface area (Å²) in [5.74, 6) is -0.706. The van der Waals surface area contributed by atoms with Crippen LogP contribution in [0.2, 0.25) is 0 Å². The van der Waals surface area contributed by atoms with Crippen LogP contribution in [0.5, 0.6) is 0 Å². The van der Waals surface area contributed by atoms with E-state index in [0.717, 1.165) is 0 Å². The van der Waals surface area contributed by atoms with E-state index in [1.165, 1.54) is 6.20 Å². The molecule has 0 aliphatic heterocycles. The summed E-state index contributed by atoms with van der Waals surface area (Å²) < 4.78 is 4.32. The first-order valence-electron chi connectivity index (χ1n) is 4.17. The molecule has 4 nitrogen and oxygen atoms in total. The maximum atomic E-state index is 11.8. The van der Waals surface area contributed by atoms with E-state index in [4.69, 9.17) is 0 Å². The molecule has 0 unspecified atom stereocenters. The third-order valence-electron chi connectivity index (χ3n) is 2.08. The second-order valence-corrected chi connectivity index (χ2v) is 3.27. The van der Waals surface area contributed by atoms with Crippen molar-refractivity contribution in [3.8, 4) is 0 Å². The Morgan fingerprint density at radius 1 is 1.33 bits per heavy atom. The second kappa shape index (κ2) is 3.86. The first-order valence-corrected chi connectivity index (χ1v) is 4.82. The molecule has 0 amide bonds. The number of rotatable bonds is 1. The van der Waals surface area contributed by atoms with Crippen LogP contribution < -0.4 is 5.43 Å². The van der Waals surface area contributed by atoms with Crippen LogP contribution in [-0.2, 0) is 3.83 Å². The fourth-order valence-corrected chi connectivity index (χ4v) is 1.54. The van der Waals surface area contributed by atoms with Crippen molar-refractivity contribution in [1.82, 2.24) is 4.98 Å². The van der Waals surface area contributed by atoms with Gasteiger partial charge in [-0.05, 0) is 12.1 Å². The number of benzene rings is 1. The molecule has 0 fully saturated rings. The highest BCUT2D eigenvalue weighted by atomic mass is 79.9. The lowest BCUT2D eigenvalue weighted by Gasteiger charge is -1.99. The van der Waals surface area contributed by atoms with E-state index >= 15 is 0 Å². The number of nitrogens with one attached hydrogen (secondary N) is 1. The summed E-state index contributed by atoms with van der Waals surface area (Å²) in [6.45, 7) is 0. The van der Waals surface area contributed by atoms with E-state index in [9.17, 15) is 9.59 Å². The Morgan fingerprint density at radius 2 is 2.07 bits per heavy atom. The van der Waals surface area contributed by atoms with Crippen LogP contribution in [0.4, 0.5) is 0 Å². The summed E-state index contributed by atoms with van der Waals surface area (Å²) in [6, 6.07) is 6.96. The van der Waals surface area contributed by atoms with Gasteiger partial charge in [0.05, 0.1) is 0 Å². The Labute approximate surface area is 93.3 Å². The Kier molecular flexibility index (Phi) is 2.55.